The van der Waals surface area contributed by atoms with Crippen LogP contribution in [0.15, 0.2) is 105 Å². The fourth-order valence-corrected chi connectivity index (χ4v) is 17.4. The topological polar surface area (TPSA) is 500 Å². The number of nitrogens with zero attached hydrogens (tertiary/aromatic N) is 4. The zero-order valence-corrected chi connectivity index (χ0v) is 57.7. The SMILES string of the molecule is Cc1cn([C@H]2C[C@H](OP(=O)(O)OC[C@H]3O[C@@H](n4cc(C)c(=O)[nH]c4=O)C[C@@H]3OP(=O)(O)OC[C@H]3O[C@@H](n4cc(C)c(=O)[nH]c4=O)C[C@@H]3OP(=O)(O)OC[C@H]3O[C@@H](n4cc(C)c(=O)[nH]c4=O)C[C@@H]3O)[C@@H](COP(=O)(O)OCCc3ccc(-c4ccc(-c5cccs5)s4)s3)O2)c(=O)[nH]c1=O. The Morgan fingerprint density at radius 1 is 0.449 bits per heavy atom. The summed E-state index contributed by atoms with van der Waals surface area (Å²) in [7, 11) is -21.2. The minimum atomic E-state index is -5.53. The molecule has 0 saturated carbocycles. The van der Waals surface area contributed by atoms with Crippen LogP contribution in [-0.4, -0.2) is 145 Å². The lowest BCUT2D eigenvalue weighted by molar-refractivity contribution is -0.0640. The number of thiophene rings is 3. The third kappa shape index (κ3) is 17.7. The number of nitrogens with one attached hydrogen (secondary N) is 4. The molecule has 532 valence electrons. The molecule has 37 nitrogen and oxygen atoms in total. The minimum absolute atomic E-state index is 0.00266. The van der Waals surface area contributed by atoms with Gasteiger partial charge in [0, 0.05) is 104 Å². The van der Waals surface area contributed by atoms with Gasteiger partial charge >= 0.3 is 54.0 Å². The molecule has 4 aliphatic heterocycles. The van der Waals surface area contributed by atoms with Gasteiger partial charge in [0.25, 0.3) is 22.2 Å². The number of phosphoric ester groups is 4. The highest BCUT2D eigenvalue weighted by atomic mass is 32.1. The average molecular weight is 1510 g/mol. The van der Waals surface area contributed by atoms with Crippen molar-refractivity contribution < 1.29 is 98.1 Å². The van der Waals surface area contributed by atoms with Crippen molar-refractivity contribution in [1.29, 1.82) is 0 Å². The van der Waals surface area contributed by atoms with Crippen molar-refractivity contribution in [3.63, 3.8) is 0 Å². The van der Waals surface area contributed by atoms with Gasteiger partial charge in [0.2, 0.25) is 0 Å². The maximum atomic E-state index is 14.1. The second-order valence-corrected chi connectivity index (χ2v) is 31.8. The predicted octanol–water partition coefficient (Wildman–Crippen LogP) is 3.33. The zero-order chi connectivity index (χ0) is 70.3. The number of rotatable bonds is 28. The first-order chi connectivity index (χ1) is 46.2. The highest BCUT2D eigenvalue weighted by molar-refractivity contribution is 7.48. The lowest BCUT2D eigenvalue weighted by atomic mass is 10.2. The van der Waals surface area contributed by atoms with Crippen LogP contribution >= 0.6 is 65.3 Å². The van der Waals surface area contributed by atoms with Gasteiger partial charge < -0.3 is 43.6 Å². The van der Waals surface area contributed by atoms with Crippen molar-refractivity contribution in [3.05, 3.63) is 177 Å². The lowest BCUT2D eigenvalue weighted by Crippen LogP contribution is -2.33. The Hall–Kier alpha value is -5.94. The summed E-state index contributed by atoms with van der Waals surface area (Å²) in [6.07, 6.45) is -15.3. The number of aliphatic hydroxyl groups is 1. The molecule has 4 saturated heterocycles. The zero-order valence-electron chi connectivity index (χ0n) is 51.7. The fourth-order valence-electron chi connectivity index (χ4n) is 10.9. The van der Waals surface area contributed by atoms with Crippen LogP contribution in [-0.2, 0) is 79.8 Å². The molecule has 7 aromatic rings. The quantitative estimate of drug-likeness (QED) is 0.0318. The van der Waals surface area contributed by atoms with E-state index >= 15 is 0 Å². The van der Waals surface area contributed by atoms with Crippen molar-refractivity contribution >= 4 is 65.3 Å². The summed E-state index contributed by atoms with van der Waals surface area (Å²) >= 11 is 4.70. The van der Waals surface area contributed by atoms with Crippen LogP contribution in [0.25, 0.3) is 19.5 Å². The molecule has 0 aliphatic carbocycles. The Kier molecular flexibility index (Phi) is 22.4. The van der Waals surface area contributed by atoms with Crippen LogP contribution < -0.4 is 45.0 Å². The molecule has 11 rings (SSSR count). The smallest absolute Gasteiger partial charge is 0.390 e. The van der Waals surface area contributed by atoms with Crippen molar-refractivity contribution in [1.82, 2.24) is 38.2 Å². The van der Waals surface area contributed by atoms with Crippen LogP contribution in [0.4, 0.5) is 0 Å². The van der Waals surface area contributed by atoms with E-state index in [0.717, 1.165) is 61.2 Å². The van der Waals surface area contributed by atoms with Gasteiger partial charge in [-0.1, -0.05) is 6.07 Å². The Morgan fingerprint density at radius 3 is 1.17 bits per heavy atom. The van der Waals surface area contributed by atoms with Crippen LogP contribution in [0.5, 0.6) is 0 Å². The van der Waals surface area contributed by atoms with Gasteiger partial charge in [0.05, 0.1) is 39.1 Å². The number of aliphatic hydroxyl groups excluding tert-OH is 1. The van der Waals surface area contributed by atoms with E-state index in [2.05, 4.69) is 19.9 Å². The number of hydrogen-bond acceptors (Lipinski definition) is 28. The van der Waals surface area contributed by atoms with Crippen molar-refractivity contribution in [2.75, 3.05) is 33.0 Å². The summed E-state index contributed by atoms with van der Waals surface area (Å²) in [5, 5.41) is 12.8. The molecule has 4 unspecified atom stereocenters. The minimum Gasteiger partial charge on any atom is -0.390 e. The molecule has 4 aliphatic rings. The Morgan fingerprint density at radius 2 is 0.786 bits per heavy atom. The van der Waals surface area contributed by atoms with E-state index < -0.39 is 196 Å². The summed E-state index contributed by atoms with van der Waals surface area (Å²) in [6, 6.07) is 11.8. The van der Waals surface area contributed by atoms with Crippen molar-refractivity contribution in [2.24, 2.45) is 0 Å². The molecule has 0 radical (unpaired) electrons. The second-order valence-electron chi connectivity index (χ2n) is 22.9. The molecule has 9 N–H and O–H groups in total. The van der Waals surface area contributed by atoms with E-state index in [4.69, 9.17) is 55.1 Å². The van der Waals surface area contributed by atoms with Gasteiger partial charge in [-0.15, -0.1) is 34.0 Å². The predicted molar refractivity (Wildman–Crippen MR) is 343 cm³/mol. The standard InChI is InChI=1S/C54H64N8O29P4S3/c1-26-18-59(51(68)55-47(26)64)43-14-31(63)35(85-43)22-82-93(74,75)89-33-16-45(61-20-28(3)49(66)57-53(61)70)87-37(33)24-84-95(78,79)91-34-17-46(62-21-29(4)50(67)58-54(62)71)88-38(34)25-83-94(76,77)90-32-15-44(60-19-27(2)48(65)56-52(60)69)86-36(32)23-81-92(72,73)80-12-11-30-7-8-41(97-30)42-10-9-40(98-42)39-6-5-13-96-39/h5-10,13,18-21,31-38,43-46,63H,11-12,14-17,22-25H2,1-4H3,(H,72,73)(H,74,75)(H,76,77)(H,78,79)(H,55,64,68)(H,56,65,69)(H,57,66,70)(H,58,67,71)/t31-,32-,33-,34-,35+,36+,37+,38+,43+,44+,45+,46+/m0/s1. The van der Waals surface area contributed by atoms with E-state index in [1.165, 1.54) is 45.2 Å². The molecular weight excluding hydrogens is 1440 g/mol. The monoisotopic (exact) mass is 1510 g/mol. The average Bonchev–Trinajstić information content (AvgIpc) is 1.85. The first-order valence-electron chi connectivity index (χ1n) is 29.7. The van der Waals surface area contributed by atoms with Gasteiger partial charge in [-0.3, -0.25) is 93.6 Å². The molecular formula is C54H64N8O29P4S3. The highest BCUT2D eigenvalue weighted by Gasteiger charge is 2.49. The van der Waals surface area contributed by atoms with Gasteiger partial charge in [-0.2, -0.15) is 0 Å². The summed E-state index contributed by atoms with van der Waals surface area (Å²) < 4.78 is 126. The molecule has 0 bridgehead atoms. The van der Waals surface area contributed by atoms with Crippen molar-refractivity contribution in [3.8, 4) is 19.5 Å². The number of phosphoric acid groups is 4. The molecule has 11 heterocycles. The molecule has 0 aromatic carbocycles. The number of aromatic amines is 4. The summed E-state index contributed by atoms with van der Waals surface area (Å²) in [6.45, 7) is 1.36. The first kappa shape index (κ1) is 73.3. The first-order valence-corrected chi connectivity index (χ1v) is 38.1. The molecule has 4 fully saturated rings. The third-order valence-corrected chi connectivity index (χ3v) is 23.4. The van der Waals surface area contributed by atoms with Crippen LogP contribution in [0.2, 0.25) is 0 Å². The van der Waals surface area contributed by atoms with Crippen molar-refractivity contribution in [2.45, 2.75) is 134 Å². The molecule has 0 spiro atoms. The van der Waals surface area contributed by atoms with Crippen LogP contribution in [0.3, 0.4) is 0 Å². The Labute approximate surface area is 562 Å². The number of hydrogen-bond donors (Lipinski definition) is 9. The third-order valence-electron chi connectivity index (χ3n) is 15.9. The van der Waals surface area contributed by atoms with Gasteiger partial charge in [-0.25, -0.2) is 37.4 Å². The second kappa shape index (κ2) is 29.9. The maximum Gasteiger partial charge on any atom is 0.472 e. The fraction of sp³-hybridized carbons (Fsp3) is 0.481. The van der Waals surface area contributed by atoms with Crippen LogP contribution in [0, 0.1) is 27.7 Å². The summed E-state index contributed by atoms with van der Waals surface area (Å²) in [4.78, 5) is 159. The van der Waals surface area contributed by atoms with Gasteiger partial charge in [0.15, 0.2) is 0 Å². The maximum absolute atomic E-state index is 14.1. The van der Waals surface area contributed by atoms with Crippen LogP contribution in [0.1, 0.15) is 77.7 Å². The Bertz CT molecular complexity index is 4790. The molecule has 16 atom stereocenters. The van der Waals surface area contributed by atoms with E-state index in [9.17, 15) is 81.3 Å². The number of aromatic nitrogens is 8. The van der Waals surface area contributed by atoms with E-state index in [0.29, 0.717) is 0 Å². The number of ether oxygens (including phenoxy) is 4. The molecule has 98 heavy (non-hydrogen) atoms. The van der Waals surface area contributed by atoms with Gasteiger partial charge in [-0.05, 0) is 63.4 Å². The Balaban J connectivity index is 0.759. The summed E-state index contributed by atoms with van der Waals surface area (Å²) in [5.41, 5.74) is -6.62. The normalized spacial score (nSPS) is 26.7. The highest BCUT2D eigenvalue weighted by Crippen LogP contribution is 2.54. The summed E-state index contributed by atoms with van der Waals surface area (Å²) in [5.74, 6) is 0. The lowest BCUT2D eigenvalue weighted by Gasteiger charge is -2.25. The van der Waals surface area contributed by atoms with E-state index in [1.54, 1.807) is 22.7 Å². The molecule has 44 heteroatoms. The number of aryl methyl sites for hydroxylation is 4. The number of H-pyrrole nitrogens is 4. The molecule has 0 amide bonds. The van der Waals surface area contributed by atoms with E-state index in [1.807, 2.05) is 41.8 Å². The van der Waals surface area contributed by atoms with Gasteiger partial charge in [0.1, 0.15) is 67.6 Å². The molecule has 7 aromatic heterocycles. The van der Waals surface area contributed by atoms with E-state index in [-0.39, 0.29) is 41.7 Å². The largest absolute Gasteiger partial charge is 0.472 e.